The van der Waals surface area contributed by atoms with Crippen LogP contribution in [0, 0.1) is 0 Å². The number of amides is 1. The summed E-state index contributed by atoms with van der Waals surface area (Å²) in [7, 11) is 0. The third-order valence-electron chi connectivity index (χ3n) is 2.20. The number of para-hydroxylation sites is 1. The highest BCUT2D eigenvalue weighted by molar-refractivity contribution is 5.97. The third kappa shape index (κ3) is 2.53. The molecule has 16 heavy (non-hydrogen) atoms. The van der Waals surface area contributed by atoms with Gasteiger partial charge in [0.1, 0.15) is 5.69 Å². The summed E-state index contributed by atoms with van der Waals surface area (Å²) < 4.78 is 0. The molecule has 0 radical (unpaired) electrons. The maximum Gasteiger partial charge on any atom is 0.267 e. The second-order valence-electron chi connectivity index (χ2n) is 3.31. The first-order chi connectivity index (χ1) is 7.31. The Kier molecular flexibility index (Phi) is 4.34. The number of fused-ring (bicyclic) bond motifs is 1. The summed E-state index contributed by atoms with van der Waals surface area (Å²) in [6, 6.07) is 9.61. The van der Waals surface area contributed by atoms with Gasteiger partial charge in [0.15, 0.2) is 0 Å². The normalized spacial score (nSPS) is 9.81. The minimum atomic E-state index is -0.114. The van der Waals surface area contributed by atoms with Gasteiger partial charge < -0.3 is 16.0 Å². The number of carbonyl (C=O) groups excluding carboxylic acids is 1. The van der Waals surface area contributed by atoms with Crippen molar-refractivity contribution in [3.8, 4) is 0 Å². The minimum absolute atomic E-state index is 0. The highest BCUT2D eigenvalue weighted by atomic mass is 35.5. The molecule has 0 bridgehead atoms. The van der Waals surface area contributed by atoms with Crippen molar-refractivity contribution in [2.24, 2.45) is 5.73 Å². The van der Waals surface area contributed by atoms with Gasteiger partial charge in [0.2, 0.25) is 0 Å². The molecule has 0 atom stereocenters. The molecule has 0 saturated heterocycles. The number of hydrogen-bond acceptors (Lipinski definition) is 2. The number of carbonyl (C=O) groups is 1. The fourth-order valence-electron chi connectivity index (χ4n) is 1.48. The van der Waals surface area contributed by atoms with Crippen LogP contribution in [0.3, 0.4) is 0 Å². The molecule has 1 amide bonds. The molecule has 4 N–H and O–H groups in total. The molecule has 0 aliphatic heterocycles. The summed E-state index contributed by atoms with van der Waals surface area (Å²) in [6.45, 7) is 0.945. The van der Waals surface area contributed by atoms with E-state index >= 15 is 0 Å². The Morgan fingerprint density at radius 3 is 2.81 bits per heavy atom. The standard InChI is InChI=1S/C11H13N3O.ClH/c12-5-6-13-11(15)10-7-8-3-1-2-4-9(8)14-10;/h1-4,7,14H,5-6,12H2,(H,13,15);1H. The fourth-order valence-corrected chi connectivity index (χ4v) is 1.48. The van der Waals surface area contributed by atoms with Gasteiger partial charge >= 0.3 is 0 Å². The van der Waals surface area contributed by atoms with E-state index in [-0.39, 0.29) is 18.3 Å². The molecule has 0 fully saturated rings. The van der Waals surface area contributed by atoms with Crippen LogP contribution < -0.4 is 11.1 Å². The molecule has 0 unspecified atom stereocenters. The van der Waals surface area contributed by atoms with Gasteiger partial charge in [0.05, 0.1) is 0 Å². The van der Waals surface area contributed by atoms with Crippen molar-refractivity contribution in [3.05, 3.63) is 36.0 Å². The van der Waals surface area contributed by atoms with E-state index in [9.17, 15) is 4.79 Å². The molecular formula is C11H14ClN3O. The molecule has 2 rings (SSSR count). The first-order valence-corrected chi connectivity index (χ1v) is 4.87. The molecule has 86 valence electrons. The number of halogens is 1. The zero-order valence-electron chi connectivity index (χ0n) is 8.69. The van der Waals surface area contributed by atoms with E-state index in [2.05, 4.69) is 10.3 Å². The summed E-state index contributed by atoms with van der Waals surface area (Å²) in [6.07, 6.45) is 0. The maximum atomic E-state index is 11.6. The molecular weight excluding hydrogens is 226 g/mol. The smallest absolute Gasteiger partial charge is 0.267 e. The average molecular weight is 240 g/mol. The predicted molar refractivity (Wildman–Crippen MR) is 66.9 cm³/mol. The summed E-state index contributed by atoms with van der Waals surface area (Å²) in [5.41, 5.74) is 6.85. The number of rotatable bonds is 3. The minimum Gasteiger partial charge on any atom is -0.351 e. The number of benzene rings is 1. The van der Waals surface area contributed by atoms with E-state index in [0.717, 1.165) is 10.9 Å². The van der Waals surface area contributed by atoms with Crippen molar-refractivity contribution in [3.63, 3.8) is 0 Å². The van der Waals surface area contributed by atoms with Gasteiger partial charge in [-0.2, -0.15) is 0 Å². The lowest BCUT2D eigenvalue weighted by Crippen LogP contribution is -2.29. The lowest BCUT2D eigenvalue weighted by atomic mass is 10.2. The van der Waals surface area contributed by atoms with E-state index in [0.29, 0.717) is 18.8 Å². The number of hydrogen-bond donors (Lipinski definition) is 3. The SMILES string of the molecule is Cl.NCCNC(=O)c1cc2ccccc2[nH]1. The van der Waals surface area contributed by atoms with Crippen molar-refractivity contribution >= 4 is 29.2 Å². The monoisotopic (exact) mass is 239 g/mol. The van der Waals surface area contributed by atoms with E-state index < -0.39 is 0 Å². The van der Waals surface area contributed by atoms with E-state index in [1.165, 1.54) is 0 Å². The van der Waals surface area contributed by atoms with Crippen LogP contribution in [0.25, 0.3) is 10.9 Å². The molecule has 2 aromatic rings. The molecule has 0 aliphatic carbocycles. The largest absolute Gasteiger partial charge is 0.351 e. The van der Waals surface area contributed by atoms with Crippen LogP contribution >= 0.6 is 12.4 Å². The summed E-state index contributed by atoms with van der Waals surface area (Å²) in [4.78, 5) is 14.6. The first kappa shape index (κ1) is 12.5. The van der Waals surface area contributed by atoms with Crippen LogP contribution in [-0.4, -0.2) is 24.0 Å². The Balaban J connectivity index is 0.00000128. The van der Waals surface area contributed by atoms with Gasteiger partial charge in [-0.05, 0) is 12.1 Å². The lowest BCUT2D eigenvalue weighted by molar-refractivity contribution is 0.0950. The molecule has 1 aromatic carbocycles. The molecule has 1 heterocycles. The van der Waals surface area contributed by atoms with E-state index in [1.54, 1.807) is 0 Å². The van der Waals surface area contributed by atoms with Crippen LogP contribution in [0.2, 0.25) is 0 Å². The highest BCUT2D eigenvalue weighted by Gasteiger charge is 2.07. The number of nitrogens with two attached hydrogens (primary N) is 1. The highest BCUT2D eigenvalue weighted by Crippen LogP contribution is 2.14. The van der Waals surface area contributed by atoms with Gasteiger partial charge in [-0.15, -0.1) is 12.4 Å². The zero-order valence-corrected chi connectivity index (χ0v) is 9.51. The van der Waals surface area contributed by atoms with Crippen molar-refractivity contribution in [2.75, 3.05) is 13.1 Å². The summed E-state index contributed by atoms with van der Waals surface area (Å²) in [5, 5.41) is 3.75. The Morgan fingerprint density at radius 2 is 2.12 bits per heavy atom. The van der Waals surface area contributed by atoms with Gasteiger partial charge in [0.25, 0.3) is 5.91 Å². The van der Waals surface area contributed by atoms with Crippen LogP contribution in [0.1, 0.15) is 10.5 Å². The van der Waals surface area contributed by atoms with Crippen molar-refractivity contribution in [1.82, 2.24) is 10.3 Å². The molecule has 0 spiro atoms. The zero-order chi connectivity index (χ0) is 10.7. The van der Waals surface area contributed by atoms with Gasteiger partial charge in [-0.25, -0.2) is 0 Å². The van der Waals surface area contributed by atoms with Crippen molar-refractivity contribution < 1.29 is 4.79 Å². The fraction of sp³-hybridized carbons (Fsp3) is 0.182. The Morgan fingerprint density at radius 1 is 1.38 bits per heavy atom. The number of H-pyrrole nitrogens is 1. The second kappa shape index (κ2) is 5.53. The number of aromatic nitrogens is 1. The van der Waals surface area contributed by atoms with E-state index in [4.69, 9.17) is 5.73 Å². The summed E-state index contributed by atoms with van der Waals surface area (Å²) >= 11 is 0. The van der Waals surface area contributed by atoms with Gasteiger partial charge in [0, 0.05) is 24.0 Å². The Hall–Kier alpha value is -1.52. The quantitative estimate of drug-likeness (QED) is 0.755. The van der Waals surface area contributed by atoms with Gasteiger partial charge in [-0.3, -0.25) is 4.79 Å². The predicted octanol–water partition coefficient (Wildman–Crippen LogP) is 1.28. The molecule has 5 heteroatoms. The first-order valence-electron chi connectivity index (χ1n) is 4.87. The molecule has 0 aliphatic rings. The van der Waals surface area contributed by atoms with Crippen LogP contribution in [0.5, 0.6) is 0 Å². The Labute approximate surface area is 99.6 Å². The van der Waals surface area contributed by atoms with Crippen LogP contribution in [-0.2, 0) is 0 Å². The molecule has 0 saturated carbocycles. The maximum absolute atomic E-state index is 11.6. The van der Waals surface area contributed by atoms with Crippen LogP contribution in [0.4, 0.5) is 0 Å². The Bertz CT molecular complexity index is 448. The topological polar surface area (TPSA) is 70.9 Å². The summed E-state index contributed by atoms with van der Waals surface area (Å²) in [5.74, 6) is -0.114. The van der Waals surface area contributed by atoms with Crippen molar-refractivity contribution in [1.29, 1.82) is 0 Å². The molecule has 4 nitrogen and oxygen atoms in total. The van der Waals surface area contributed by atoms with Crippen molar-refractivity contribution in [2.45, 2.75) is 0 Å². The lowest BCUT2D eigenvalue weighted by Gasteiger charge is -1.99. The van der Waals surface area contributed by atoms with E-state index in [1.807, 2.05) is 30.3 Å². The number of nitrogens with one attached hydrogen (secondary N) is 2. The van der Waals surface area contributed by atoms with Gasteiger partial charge in [-0.1, -0.05) is 18.2 Å². The van der Waals surface area contributed by atoms with Crippen LogP contribution in [0.15, 0.2) is 30.3 Å². The molecule has 1 aromatic heterocycles. The average Bonchev–Trinajstić information content (AvgIpc) is 2.69. The third-order valence-corrected chi connectivity index (χ3v) is 2.20. The second-order valence-corrected chi connectivity index (χ2v) is 3.31. The number of aromatic amines is 1.